The summed E-state index contributed by atoms with van der Waals surface area (Å²) in [6.07, 6.45) is 3.53. The second-order valence-electron chi connectivity index (χ2n) is 5.13. The first kappa shape index (κ1) is 18.6. The topological polar surface area (TPSA) is 110 Å². The van der Waals surface area contributed by atoms with E-state index in [2.05, 4.69) is 9.50 Å². The SMILES string of the molecule is O=C(NCCCCN1C(=O)C=CC1=O)c1ccc(OS(=O)(=O)F)cc1. The number of imide groups is 1. The summed E-state index contributed by atoms with van der Waals surface area (Å²) in [6.45, 7) is 0.615. The maximum Gasteiger partial charge on any atom is 0.488 e. The van der Waals surface area contributed by atoms with Gasteiger partial charge in [0.05, 0.1) is 0 Å². The van der Waals surface area contributed by atoms with Crippen LogP contribution < -0.4 is 9.50 Å². The minimum atomic E-state index is -5.10. The number of rotatable bonds is 8. The maximum absolute atomic E-state index is 12.4. The summed E-state index contributed by atoms with van der Waals surface area (Å²) in [5, 5.41) is 2.64. The Morgan fingerprint density at radius 2 is 1.68 bits per heavy atom. The van der Waals surface area contributed by atoms with Crippen molar-refractivity contribution in [2.45, 2.75) is 12.8 Å². The number of benzene rings is 1. The molecule has 0 fully saturated rings. The highest BCUT2D eigenvalue weighted by Gasteiger charge is 2.22. The monoisotopic (exact) mass is 370 g/mol. The summed E-state index contributed by atoms with van der Waals surface area (Å²) >= 11 is 0. The van der Waals surface area contributed by atoms with Crippen molar-refractivity contribution < 1.29 is 30.9 Å². The molecule has 0 aromatic heterocycles. The molecule has 0 spiro atoms. The Hall–Kier alpha value is -2.75. The standard InChI is InChI=1S/C15H15FN2O6S/c16-25(22,23)24-12-5-3-11(4-6-12)15(21)17-9-1-2-10-18-13(19)7-8-14(18)20/h3-8H,1-2,9-10H2,(H,17,21). The largest absolute Gasteiger partial charge is 0.488 e. The first-order chi connectivity index (χ1) is 11.8. The number of halogens is 1. The number of carbonyl (C=O) groups excluding carboxylic acids is 3. The molecule has 134 valence electrons. The second kappa shape index (κ2) is 7.88. The highest BCUT2D eigenvalue weighted by Crippen LogP contribution is 2.15. The molecule has 25 heavy (non-hydrogen) atoms. The number of carbonyl (C=O) groups is 3. The lowest BCUT2D eigenvalue weighted by Crippen LogP contribution is -2.31. The number of amides is 3. The van der Waals surface area contributed by atoms with Gasteiger partial charge in [-0.15, -0.1) is 0 Å². The maximum atomic E-state index is 12.4. The Balaban J connectivity index is 1.71. The molecule has 10 heteroatoms. The zero-order chi connectivity index (χ0) is 18.4. The lowest BCUT2D eigenvalue weighted by molar-refractivity contribution is -0.136. The van der Waals surface area contributed by atoms with E-state index < -0.39 is 16.4 Å². The molecule has 2 rings (SSSR count). The van der Waals surface area contributed by atoms with Crippen LogP contribution in [0.5, 0.6) is 5.75 Å². The van der Waals surface area contributed by atoms with Crippen LogP contribution in [0.15, 0.2) is 36.4 Å². The van der Waals surface area contributed by atoms with Gasteiger partial charge in [-0.1, -0.05) is 3.89 Å². The fraction of sp³-hybridized carbons (Fsp3) is 0.267. The number of hydrogen-bond acceptors (Lipinski definition) is 6. The average molecular weight is 370 g/mol. The highest BCUT2D eigenvalue weighted by atomic mass is 32.3. The van der Waals surface area contributed by atoms with Crippen molar-refractivity contribution in [3.05, 3.63) is 42.0 Å². The van der Waals surface area contributed by atoms with Crippen molar-refractivity contribution in [1.29, 1.82) is 0 Å². The number of nitrogens with zero attached hydrogens (tertiary/aromatic N) is 1. The van der Waals surface area contributed by atoms with Crippen molar-refractivity contribution in [2.24, 2.45) is 0 Å². The van der Waals surface area contributed by atoms with Crippen LogP contribution >= 0.6 is 0 Å². The first-order valence-electron chi connectivity index (χ1n) is 7.32. The van der Waals surface area contributed by atoms with E-state index in [0.29, 0.717) is 19.4 Å². The van der Waals surface area contributed by atoms with Crippen LogP contribution in [-0.4, -0.2) is 44.1 Å². The van der Waals surface area contributed by atoms with E-state index in [4.69, 9.17) is 0 Å². The summed E-state index contributed by atoms with van der Waals surface area (Å²) < 4.78 is 37.1. The van der Waals surface area contributed by atoms with Gasteiger partial charge in [-0.3, -0.25) is 19.3 Å². The van der Waals surface area contributed by atoms with Gasteiger partial charge >= 0.3 is 10.5 Å². The zero-order valence-corrected chi connectivity index (χ0v) is 13.8. The van der Waals surface area contributed by atoms with Crippen LogP contribution in [0.1, 0.15) is 23.2 Å². The van der Waals surface area contributed by atoms with Crippen molar-refractivity contribution in [2.75, 3.05) is 13.1 Å². The molecule has 3 amide bonds. The summed E-state index contributed by atoms with van der Waals surface area (Å²) in [5.41, 5.74) is 0.248. The summed E-state index contributed by atoms with van der Waals surface area (Å²) in [5.74, 6) is -1.32. The van der Waals surface area contributed by atoms with Crippen LogP contribution in [0.4, 0.5) is 3.89 Å². The molecule has 1 aliphatic rings. The molecule has 1 N–H and O–H groups in total. The third-order valence-corrected chi connectivity index (χ3v) is 3.70. The van der Waals surface area contributed by atoms with Crippen molar-refractivity contribution in [3.63, 3.8) is 0 Å². The molecule has 1 aliphatic heterocycles. The lowest BCUT2D eigenvalue weighted by atomic mass is 10.2. The molecular formula is C15H15FN2O6S. The molecule has 0 saturated carbocycles. The Labute approximate surface area is 143 Å². The van der Waals surface area contributed by atoms with Crippen LogP contribution in [0.2, 0.25) is 0 Å². The van der Waals surface area contributed by atoms with Gasteiger partial charge in [0.25, 0.3) is 17.7 Å². The van der Waals surface area contributed by atoms with Gasteiger partial charge in [0.2, 0.25) is 0 Å². The Kier molecular flexibility index (Phi) is 5.86. The summed E-state index contributed by atoms with van der Waals surface area (Å²) in [4.78, 5) is 35.7. The number of unbranched alkanes of at least 4 members (excludes halogenated alkanes) is 1. The second-order valence-corrected chi connectivity index (χ2v) is 6.08. The Morgan fingerprint density at radius 3 is 2.24 bits per heavy atom. The number of nitrogens with one attached hydrogen (secondary N) is 1. The first-order valence-corrected chi connectivity index (χ1v) is 8.63. The van der Waals surface area contributed by atoms with E-state index in [1.54, 1.807) is 0 Å². The third-order valence-electron chi connectivity index (χ3n) is 3.31. The third kappa shape index (κ3) is 5.68. The van der Waals surface area contributed by atoms with Gasteiger partial charge in [-0.2, -0.15) is 8.42 Å². The lowest BCUT2D eigenvalue weighted by Gasteiger charge is -2.13. The number of hydrogen-bond donors (Lipinski definition) is 1. The molecule has 8 nitrogen and oxygen atoms in total. The fourth-order valence-corrected chi connectivity index (χ4v) is 2.47. The van der Waals surface area contributed by atoms with Gasteiger partial charge < -0.3 is 9.50 Å². The van der Waals surface area contributed by atoms with E-state index in [1.165, 1.54) is 24.3 Å². The zero-order valence-electron chi connectivity index (χ0n) is 13.0. The van der Waals surface area contributed by atoms with Crippen molar-refractivity contribution >= 4 is 28.2 Å². The van der Waals surface area contributed by atoms with Crippen LogP contribution in [0.3, 0.4) is 0 Å². The van der Waals surface area contributed by atoms with E-state index >= 15 is 0 Å². The van der Waals surface area contributed by atoms with E-state index in [0.717, 1.165) is 17.0 Å². The van der Waals surface area contributed by atoms with Crippen molar-refractivity contribution in [1.82, 2.24) is 10.2 Å². The minimum Gasteiger partial charge on any atom is -0.358 e. The van der Waals surface area contributed by atoms with Crippen LogP contribution in [0, 0.1) is 0 Å². The van der Waals surface area contributed by atoms with Crippen molar-refractivity contribution in [3.8, 4) is 5.75 Å². The molecule has 1 heterocycles. The molecule has 0 bridgehead atoms. The Bertz CT molecular complexity index is 786. The van der Waals surface area contributed by atoms with Crippen LogP contribution in [-0.2, 0) is 20.1 Å². The molecule has 1 aromatic rings. The molecule has 1 aromatic carbocycles. The fourth-order valence-electron chi connectivity index (χ4n) is 2.13. The van der Waals surface area contributed by atoms with Crippen LogP contribution in [0.25, 0.3) is 0 Å². The van der Waals surface area contributed by atoms with Gasteiger partial charge in [0.1, 0.15) is 5.75 Å². The average Bonchev–Trinajstić information content (AvgIpc) is 2.85. The molecule has 0 saturated heterocycles. The Morgan fingerprint density at radius 1 is 1.08 bits per heavy atom. The minimum absolute atomic E-state index is 0.243. The van der Waals surface area contributed by atoms with E-state index in [-0.39, 0.29) is 29.7 Å². The van der Waals surface area contributed by atoms with E-state index in [1.807, 2.05) is 0 Å². The summed E-state index contributed by atoms with van der Waals surface area (Å²) in [7, 11) is -5.10. The molecule has 0 aliphatic carbocycles. The smallest absolute Gasteiger partial charge is 0.358 e. The van der Waals surface area contributed by atoms with Gasteiger partial charge in [0, 0.05) is 30.8 Å². The quantitative estimate of drug-likeness (QED) is 0.410. The highest BCUT2D eigenvalue weighted by molar-refractivity contribution is 7.81. The van der Waals surface area contributed by atoms with Gasteiger partial charge in [0.15, 0.2) is 0 Å². The summed E-state index contributed by atoms with van der Waals surface area (Å²) in [6, 6.07) is 4.90. The van der Waals surface area contributed by atoms with E-state index in [9.17, 15) is 26.7 Å². The van der Waals surface area contributed by atoms with Gasteiger partial charge in [-0.05, 0) is 37.1 Å². The molecule has 0 atom stereocenters. The molecule has 0 unspecified atom stereocenters. The predicted molar refractivity (Wildman–Crippen MR) is 84.5 cm³/mol. The normalized spacial score (nSPS) is 14.0. The molecule has 0 radical (unpaired) electrons. The predicted octanol–water partition coefficient (Wildman–Crippen LogP) is 0.715. The molecular weight excluding hydrogens is 355 g/mol. The van der Waals surface area contributed by atoms with Gasteiger partial charge in [-0.25, -0.2) is 0 Å².